The molecule has 0 fully saturated rings. The van der Waals surface area contributed by atoms with Gasteiger partial charge in [0.15, 0.2) is 0 Å². The van der Waals surface area contributed by atoms with Gasteiger partial charge in [0.2, 0.25) is 0 Å². The van der Waals surface area contributed by atoms with Gasteiger partial charge in [-0.3, -0.25) is 0 Å². The molecule has 0 radical (unpaired) electrons. The van der Waals surface area contributed by atoms with E-state index < -0.39 is 0 Å². The standard InChI is InChI=1S/C5H8N2O/c1-7-3-2-6-5(7)4-8/h2-3,8H,4H2,1H3/p+1. The number of nitrogens with one attached hydrogen (secondary N) is 1. The quantitative estimate of drug-likeness (QED) is 0.466. The van der Waals surface area contributed by atoms with E-state index in [9.17, 15) is 0 Å². The van der Waals surface area contributed by atoms with Crippen LogP contribution in [0.2, 0.25) is 0 Å². The second-order valence-electron chi connectivity index (χ2n) is 1.68. The Bertz CT molecular complexity index is 171. The molecule has 3 nitrogen and oxygen atoms in total. The molecule has 0 amide bonds. The molecule has 3 heteroatoms. The van der Waals surface area contributed by atoms with Gasteiger partial charge < -0.3 is 5.11 Å². The minimum absolute atomic E-state index is 0.0729. The molecule has 1 heterocycles. The van der Waals surface area contributed by atoms with Crippen molar-refractivity contribution in [1.29, 1.82) is 0 Å². The summed E-state index contributed by atoms with van der Waals surface area (Å²) in [5, 5.41) is 8.56. The molecule has 0 aliphatic heterocycles. The summed E-state index contributed by atoms with van der Waals surface area (Å²) in [7, 11) is 1.88. The van der Waals surface area contributed by atoms with Gasteiger partial charge in [0.1, 0.15) is 19.0 Å². The first kappa shape index (κ1) is 5.31. The van der Waals surface area contributed by atoms with Crippen LogP contribution in [0.3, 0.4) is 0 Å². The first-order valence-corrected chi connectivity index (χ1v) is 2.47. The number of rotatable bonds is 1. The molecule has 0 bridgehead atoms. The molecule has 44 valence electrons. The molecule has 8 heavy (non-hydrogen) atoms. The first-order valence-electron chi connectivity index (χ1n) is 2.47. The summed E-state index contributed by atoms with van der Waals surface area (Å²) in [6.45, 7) is 0.0729. The summed E-state index contributed by atoms with van der Waals surface area (Å²) in [6.07, 6.45) is 3.64. The Morgan fingerprint density at radius 2 is 2.62 bits per heavy atom. The number of aromatic amines is 1. The van der Waals surface area contributed by atoms with Gasteiger partial charge in [-0.15, -0.1) is 0 Å². The van der Waals surface area contributed by atoms with Crippen molar-refractivity contribution in [2.24, 2.45) is 7.05 Å². The van der Waals surface area contributed by atoms with Crippen molar-refractivity contribution < 1.29 is 9.67 Å². The van der Waals surface area contributed by atoms with Gasteiger partial charge in [-0.2, -0.15) is 0 Å². The topological polar surface area (TPSA) is 39.9 Å². The third-order valence-electron chi connectivity index (χ3n) is 1.12. The number of nitrogens with zero attached hydrogens (tertiary/aromatic N) is 1. The SMILES string of the molecule is C[n+]1cc[nH]c1CO. The predicted octanol–water partition coefficient (Wildman–Crippen LogP) is -0.669. The lowest BCUT2D eigenvalue weighted by Gasteiger charge is -1.83. The Kier molecular flexibility index (Phi) is 1.30. The zero-order valence-corrected chi connectivity index (χ0v) is 4.76. The summed E-state index contributed by atoms with van der Waals surface area (Å²) in [5.74, 6) is 0.824. The van der Waals surface area contributed by atoms with Crippen LogP contribution in [-0.4, -0.2) is 10.1 Å². The van der Waals surface area contributed by atoms with E-state index in [-0.39, 0.29) is 6.61 Å². The molecule has 0 aromatic carbocycles. The van der Waals surface area contributed by atoms with Gasteiger partial charge in [-0.25, -0.2) is 9.55 Å². The van der Waals surface area contributed by atoms with Crippen LogP contribution < -0.4 is 4.57 Å². The lowest BCUT2D eigenvalue weighted by atomic mass is 10.6. The van der Waals surface area contributed by atoms with E-state index in [0.29, 0.717) is 0 Å². The molecule has 0 atom stereocenters. The van der Waals surface area contributed by atoms with Crippen LogP contribution >= 0.6 is 0 Å². The number of aromatic nitrogens is 2. The number of aryl methyl sites for hydroxylation is 1. The molecule has 0 unspecified atom stereocenters. The number of H-pyrrole nitrogens is 1. The molecular weight excluding hydrogens is 104 g/mol. The summed E-state index contributed by atoms with van der Waals surface area (Å²) in [5.41, 5.74) is 0. The summed E-state index contributed by atoms with van der Waals surface area (Å²) >= 11 is 0. The van der Waals surface area contributed by atoms with E-state index in [4.69, 9.17) is 5.11 Å². The Hall–Kier alpha value is -0.830. The molecule has 1 aromatic rings. The van der Waals surface area contributed by atoms with Crippen molar-refractivity contribution in [3.63, 3.8) is 0 Å². The second kappa shape index (κ2) is 1.96. The third kappa shape index (κ3) is 0.721. The van der Waals surface area contributed by atoms with Crippen molar-refractivity contribution in [1.82, 2.24) is 4.98 Å². The molecule has 0 saturated carbocycles. The minimum atomic E-state index is 0.0729. The Morgan fingerprint density at radius 3 is 2.88 bits per heavy atom. The van der Waals surface area contributed by atoms with Crippen molar-refractivity contribution in [3.8, 4) is 0 Å². The molecule has 1 rings (SSSR count). The summed E-state index contributed by atoms with van der Waals surface area (Å²) in [6, 6.07) is 0. The largest absolute Gasteiger partial charge is 0.384 e. The molecular formula is C5H9N2O+. The van der Waals surface area contributed by atoms with Crippen LogP contribution in [0.4, 0.5) is 0 Å². The Balaban J connectivity index is 2.92. The minimum Gasteiger partial charge on any atom is -0.384 e. The highest BCUT2D eigenvalue weighted by molar-refractivity contribution is 4.72. The zero-order chi connectivity index (χ0) is 5.98. The van der Waals surface area contributed by atoms with Crippen LogP contribution in [-0.2, 0) is 13.7 Å². The Morgan fingerprint density at radius 1 is 1.88 bits per heavy atom. The van der Waals surface area contributed by atoms with Crippen molar-refractivity contribution >= 4 is 0 Å². The van der Waals surface area contributed by atoms with Crippen LogP contribution in [0.5, 0.6) is 0 Å². The lowest BCUT2D eigenvalue weighted by molar-refractivity contribution is -0.679. The number of imidazole rings is 1. The zero-order valence-electron chi connectivity index (χ0n) is 4.76. The number of aliphatic hydroxyl groups is 1. The highest BCUT2D eigenvalue weighted by Gasteiger charge is 2.00. The van der Waals surface area contributed by atoms with Gasteiger partial charge in [-0.1, -0.05) is 0 Å². The summed E-state index contributed by atoms with van der Waals surface area (Å²) < 4.78 is 1.83. The number of hydrogen-bond acceptors (Lipinski definition) is 1. The molecule has 0 saturated heterocycles. The van der Waals surface area contributed by atoms with Crippen LogP contribution in [0.25, 0.3) is 0 Å². The van der Waals surface area contributed by atoms with Crippen LogP contribution in [0.15, 0.2) is 12.4 Å². The van der Waals surface area contributed by atoms with Gasteiger partial charge >= 0.3 is 0 Å². The van der Waals surface area contributed by atoms with E-state index in [2.05, 4.69) is 4.98 Å². The fourth-order valence-electron chi connectivity index (χ4n) is 0.594. The fraction of sp³-hybridized carbons (Fsp3) is 0.400. The van der Waals surface area contributed by atoms with E-state index in [1.807, 2.05) is 17.8 Å². The second-order valence-corrected chi connectivity index (χ2v) is 1.68. The average molecular weight is 113 g/mol. The maximum absolute atomic E-state index is 8.56. The van der Waals surface area contributed by atoms with Gasteiger partial charge in [0, 0.05) is 0 Å². The highest BCUT2D eigenvalue weighted by atomic mass is 16.3. The smallest absolute Gasteiger partial charge is 0.280 e. The third-order valence-corrected chi connectivity index (χ3v) is 1.12. The normalized spacial score (nSPS) is 9.75. The summed E-state index contributed by atoms with van der Waals surface area (Å²) in [4.78, 5) is 2.87. The maximum Gasteiger partial charge on any atom is 0.280 e. The van der Waals surface area contributed by atoms with Crippen LogP contribution in [0, 0.1) is 0 Å². The van der Waals surface area contributed by atoms with E-state index >= 15 is 0 Å². The monoisotopic (exact) mass is 113 g/mol. The molecule has 2 N–H and O–H groups in total. The first-order chi connectivity index (χ1) is 3.84. The van der Waals surface area contributed by atoms with E-state index in [1.54, 1.807) is 6.20 Å². The highest BCUT2D eigenvalue weighted by Crippen LogP contribution is 1.80. The van der Waals surface area contributed by atoms with Crippen molar-refractivity contribution in [3.05, 3.63) is 18.2 Å². The molecule has 0 aliphatic rings. The molecule has 0 aliphatic carbocycles. The number of hydrogen-bond donors (Lipinski definition) is 2. The molecule has 0 spiro atoms. The van der Waals surface area contributed by atoms with Crippen molar-refractivity contribution in [2.75, 3.05) is 0 Å². The average Bonchev–Trinajstić information content (AvgIpc) is 2.14. The number of aliphatic hydroxyl groups excluding tert-OH is 1. The fourth-order valence-corrected chi connectivity index (χ4v) is 0.594. The van der Waals surface area contributed by atoms with E-state index in [1.165, 1.54) is 0 Å². The van der Waals surface area contributed by atoms with Crippen molar-refractivity contribution in [2.45, 2.75) is 6.61 Å². The van der Waals surface area contributed by atoms with Crippen LogP contribution in [0.1, 0.15) is 5.82 Å². The van der Waals surface area contributed by atoms with Gasteiger partial charge in [0.05, 0.1) is 7.05 Å². The van der Waals surface area contributed by atoms with Gasteiger partial charge in [-0.05, 0) is 0 Å². The van der Waals surface area contributed by atoms with E-state index in [0.717, 1.165) is 5.82 Å². The Labute approximate surface area is 47.6 Å². The maximum atomic E-state index is 8.56. The predicted molar refractivity (Wildman–Crippen MR) is 27.9 cm³/mol. The van der Waals surface area contributed by atoms with Gasteiger partial charge in [0.25, 0.3) is 5.82 Å². The lowest BCUT2D eigenvalue weighted by Crippen LogP contribution is -2.30. The molecule has 1 aromatic heterocycles.